The third kappa shape index (κ3) is 4.26. The summed E-state index contributed by atoms with van der Waals surface area (Å²) < 4.78 is 21.3. The molecule has 4 nitrogen and oxygen atoms in total. The molecule has 6 atom stereocenters. The van der Waals surface area contributed by atoms with Crippen molar-refractivity contribution in [1.29, 1.82) is 0 Å². The Labute approximate surface area is 229 Å². The number of ether oxygens (including phenoxy) is 1. The molecule has 0 unspecified atom stereocenters. The Bertz CT molecular complexity index is 926. The summed E-state index contributed by atoms with van der Waals surface area (Å²) in [7, 11) is -4.10. The zero-order valence-corrected chi connectivity index (χ0v) is 27.8. The average Bonchev–Trinajstić information content (AvgIpc) is 3.30. The van der Waals surface area contributed by atoms with Crippen molar-refractivity contribution in [1.82, 2.24) is 0 Å². The number of aliphatic hydroxyl groups excluding tert-OH is 1. The van der Waals surface area contributed by atoms with Crippen LogP contribution in [0.1, 0.15) is 87.0 Å². The van der Waals surface area contributed by atoms with Crippen LogP contribution in [0.2, 0.25) is 36.3 Å². The predicted molar refractivity (Wildman–Crippen MR) is 159 cm³/mol. The molecule has 1 spiro atoms. The monoisotopic (exact) mass is 548 g/mol. The summed E-state index contributed by atoms with van der Waals surface area (Å²) in [5.41, 5.74) is 0.173. The van der Waals surface area contributed by atoms with E-state index in [1.807, 2.05) is 0 Å². The van der Waals surface area contributed by atoms with Gasteiger partial charge in [-0.05, 0) is 61.9 Å². The third-order valence-electron chi connectivity index (χ3n) is 11.6. The number of rotatable bonds is 9. The van der Waals surface area contributed by atoms with Gasteiger partial charge in [-0.15, -0.1) is 0 Å². The second-order valence-electron chi connectivity index (χ2n) is 15.6. The van der Waals surface area contributed by atoms with Gasteiger partial charge in [-0.2, -0.15) is 0 Å². The highest BCUT2D eigenvalue weighted by atomic mass is 28.4. The van der Waals surface area contributed by atoms with Gasteiger partial charge in [0.2, 0.25) is 0 Å². The van der Waals surface area contributed by atoms with Crippen LogP contribution in [0.3, 0.4) is 0 Å². The maximum Gasteiger partial charge on any atom is 0.192 e. The van der Waals surface area contributed by atoms with Crippen molar-refractivity contribution in [2.75, 3.05) is 13.2 Å². The SMILES string of the molecule is CCCC[C@H]1C=C2CCC[C@@]34C=C[C@@H](O3)[C@@](CO[Si](C)(C)C(C)(C)C)([C@H]1O)[C@@]24CO[Si](C)(C)C(C)(C)C. The lowest BCUT2D eigenvalue weighted by atomic mass is 9.42. The Balaban J connectivity index is 1.87. The molecule has 0 aromatic heterocycles. The number of hydrogen-bond acceptors (Lipinski definition) is 4. The molecule has 4 aliphatic rings. The molecule has 6 heteroatoms. The van der Waals surface area contributed by atoms with Gasteiger partial charge in [0.25, 0.3) is 0 Å². The summed E-state index contributed by atoms with van der Waals surface area (Å²) >= 11 is 0. The van der Waals surface area contributed by atoms with E-state index in [9.17, 15) is 5.11 Å². The van der Waals surface area contributed by atoms with Gasteiger partial charge in [-0.25, -0.2) is 0 Å². The van der Waals surface area contributed by atoms with Gasteiger partial charge >= 0.3 is 0 Å². The summed E-state index contributed by atoms with van der Waals surface area (Å²) in [6, 6.07) is 0. The molecular weight excluding hydrogens is 493 g/mol. The van der Waals surface area contributed by atoms with E-state index in [2.05, 4.69) is 92.9 Å². The van der Waals surface area contributed by atoms with E-state index in [0.29, 0.717) is 13.2 Å². The van der Waals surface area contributed by atoms with Crippen molar-refractivity contribution in [3.63, 3.8) is 0 Å². The largest absolute Gasteiger partial charge is 0.416 e. The van der Waals surface area contributed by atoms with E-state index in [0.717, 1.165) is 38.5 Å². The molecule has 2 aliphatic carbocycles. The van der Waals surface area contributed by atoms with Gasteiger partial charge in [0, 0.05) is 19.1 Å². The molecule has 0 aromatic rings. The Morgan fingerprint density at radius 1 is 1.00 bits per heavy atom. The Morgan fingerprint density at radius 2 is 1.59 bits per heavy atom. The van der Waals surface area contributed by atoms with Crippen molar-refractivity contribution in [3.05, 3.63) is 23.8 Å². The smallest absolute Gasteiger partial charge is 0.192 e. The van der Waals surface area contributed by atoms with Crippen LogP contribution in [-0.2, 0) is 13.6 Å². The van der Waals surface area contributed by atoms with Crippen LogP contribution in [0, 0.1) is 16.7 Å². The first-order chi connectivity index (χ1) is 16.9. The maximum absolute atomic E-state index is 12.5. The molecule has 2 bridgehead atoms. The van der Waals surface area contributed by atoms with Gasteiger partial charge in [-0.3, -0.25) is 0 Å². The molecule has 2 fully saturated rings. The van der Waals surface area contributed by atoms with Crippen LogP contribution in [0.25, 0.3) is 0 Å². The van der Waals surface area contributed by atoms with Crippen LogP contribution in [0.5, 0.6) is 0 Å². The molecule has 0 amide bonds. The predicted octanol–water partition coefficient (Wildman–Crippen LogP) is 8.00. The highest BCUT2D eigenvalue weighted by Gasteiger charge is 2.79. The summed E-state index contributed by atoms with van der Waals surface area (Å²) in [6.45, 7) is 26.7. The molecule has 2 aliphatic heterocycles. The second kappa shape index (κ2) is 9.41. The molecule has 4 rings (SSSR count). The van der Waals surface area contributed by atoms with Crippen molar-refractivity contribution in [2.24, 2.45) is 16.7 Å². The lowest BCUT2D eigenvalue weighted by Gasteiger charge is -2.62. The van der Waals surface area contributed by atoms with E-state index < -0.39 is 33.8 Å². The van der Waals surface area contributed by atoms with Crippen LogP contribution in [-0.4, -0.2) is 52.8 Å². The minimum absolute atomic E-state index is 0.104. The van der Waals surface area contributed by atoms with E-state index in [-0.39, 0.29) is 27.5 Å². The van der Waals surface area contributed by atoms with Gasteiger partial charge in [0.15, 0.2) is 16.6 Å². The average molecular weight is 549 g/mol. The number of fused-ring (bicyclic) bond motifs is 2. The Kier molecular flexibility index (Phi) is 7.56. The highest BCUT2D eigenvalue weighted by Crippen LogP contribution is 2.73. The van der Waals surface area contributed by atoms with Gasteiger partial charge in [0.05, 0.1) is 28.6 Å². The maximum atomic E-state index is 12.5. The van der Waals surface area contributed by atoms with Crippen molar-refractivity contribution in [2.45, 2.75) is 141 Å². The summed E-state index contributed by atoms with van der Waals surface area (Å²) in [5.74, 6) is 0.144. The quantitative estimate of drug-likeness (QED) is 0.234. The van der Waals surface area contributed by atoms with Crippen molar-refractivity contribution >= 4 is 16.6 Å². The first-order valence-electron chi connectivity index (χ1n) is 15.0. The van der Waals surface area contributed by atoms with Crippen molar-refractivity contribution in [3.8, 4) is 0 Å². The Hall–Kier alpha value is -0.246. The molecule has 1 N–H and O–H groups in total. The first-order valence-corrected chi connectivity index (χ1v) is 20.8. The molecule has 0 aromatic carbocycles. The van der Waals surface area contributed by atoms with E-state index >= 15 is 0 Å². The zero-order valence-electron chi connectivity index (χ0n) is 25.8. The lowest BCUT2D eigenvalue weighted by Crippen LogP contribution is -2.69. The highest BCUT2D eigenvalue weighted by molar-refractivity contribution is 6.74. The van der Waals surface area contributed by atoms with Gasteiger partial charge in [-0.1, -0.05) is 85.1 Å². The second-order valence-corrected chi connectivity index (χ2v) is 25.2. The first kappa shape index (κ1) is 29.7. The van der Waals surface area contributed by atoms with E-state index in [1.54, 1.807) is 0 Å². The molecule has 0 radical (unpaired) electrons. The van der Waals surface area contributed by atoms with Crippen LogP contribution in [0.4, 0.5) is 0 Å². The molecule has 1 saturated carbocycles. The number of aliphatic hydroxyl groups is 1. The number of unbranched alkanes of at least 4 members (excludes halogenated alkanes) is 1. The topological polar surface area (TPSA) is 47.9 Å². The minimum atomic E-state index is -2.06. The van der Waals surface area contributed by atoms with Crippen LogP contribution < -0.4 is 0 Å². The molecular formula is C31H56O4Si2. The molecule has 212 valence electrons. The van der Waals surface area contributed by atoms with Gasteiger partial charge < -0.3 is 18.7 Å². The summed E-state index contributed by atoms with van der Waals surface area (Å²) in [6.07, 6.45) is 12.9. The normalized spacial score (nSPS) is 37.6. The zero-order chi connectivity index (χ0) is 27.7. The third-order valence-corrected chi connectivity index (χ3v) is 20.6. The van der Waals surface area contributed by atoms with Crippen molar-refractivity contribution < 1.29 is 18.7 Å². The van der Waals surface area contributed by atoms with Crippen LogP contribution in [0.15, 0.2) is 23.8 Å². The number of hydrogen-bond donors (Lipinski definition) is 1. The summed E-state index contributed by atoms with van der Waals surface area (Å²) in [5, 5.41) is 12.7. The summed E-state index contributed by atoms with van der Waals surface area (Å²) in [4.78, 5) is 0. The van der Waals surface area contributed by atoms with Gasteiger partial charge in [0.1, 0.15) is 0 Å². The fraction of sp³-hybridized carbons (Fsp3) is 0.871. The standard InChI is InChI=1S/C31H56O4Si2/c1-12-13-15-23-20-24-16-14-18-29-19-17-25(35-29)30(26(23)32,21-33-36(8,9)27(2,3)4)31(24,29)22-34-37(10,11)28(5,6)7/h17,19-20,23,25-26,32H,12-16,18,21-22H2,1-11H3/t23-,25+,26-,29-,30-,31-/m0/s1. The molecule has 37 heavy (non-hydrogen) atoms. The Morgan fingerprint density at radius 3 is 2.16 bits per heavy atom. The fourth-order valence-corrected chi connectivity index (χ4v) is 9.15. The van der Waals surface area contributed by atoms with E-state index in [4.69, 9.17) is 13.6 Å². The molecule has 1 saturated heterocycles. The lowest BCUT2D eigenvalue weighted by molar-refractivity contribution is -0.139. The van der Waals surface area contributed by atoms with E-state index in [1.165, 1.54) is 5.57 Å². The van der Waals surface area contributed by atoms with Crippen LogP contribution >= 0.6 is 0 Å². The molecule has 2 heterocycles. The minimum Gasteiger partial charge on any atom is -0.416 e. The fourth-order valence-electron chi connectivity index (χ4n) is 7.11.